The molecule has 0 N–H and O–H groups in total. The standard InChI is InChI=1S/C16H28O/c1-3-5-7-14-10-12-15(13-11-14)8-6-9-16(17)4-2/h4,14-15H,2-3,5-13H2,1H3. The van der Waals surface area contributed by atoms with Gasteiger partial charge in [0, 0.05) is 6.42 Å². The summed E-state index contributed by atoms with van der Waals surface area (Å²) in [6, 6.07) is 0. The molecular weight excluding hydrogens is 208 g/mol. The first-order valence-electron chi connectivity index (χ1n) is 7.41. The van der Waals surface area contributed by atoms with E-state index >= 15 is 0 Å². The molecule has 0 unspecified atom stereocenters. The van der Waals surface area contributed by atoms with Crippen LogP contribution in [-0.2, 0) is 4.79 Å². The zero-order valence-corrected chi connectivity index (χ0v) is 11.4. The van der Waals surface area contributed by atoms with Crippen LogP contribution in [0.1, 0.15) is 71.1 Å². The SMILES string of the molecule is C=CC(=O)CCCC1CCC(CCCC)CC1. The van der Waals surface area contributed by atoms with E-state index in [1.54, 1.807) is 0 Å². The number of allylic oxidation sites excluding steroid dienone is 1. The van der Waals surface area contributed by atoms with E-state index in [1.165, 1.54) is 57.4 Å². The number of hydrogen-bond acceptors (Lipinski definition) is 1. The number of ketones is 1. The van der Waals surface area contributed by atoms with Gasteiger partial charge in [0.2, 0.25) is 0 Å². The van der Waals surface area contributed by atoms with Crippen LogP contribution in [0.15, 0.2) is 12.7 Å². The highest BCUT2D eigenvalue weighted by Gasteiger charge is 2.20. The molecule has 0 heterocycles. The smallest absolute Gasteiger partial charge is 0.155 e. The van der Waals surface area contributed by atoms with Crippen molar-refractivity contribution in [3.8, 4) is 0 Å². The highest BCUT2D eigenvalue weighted by molar-refractivity contribution is 5.88. The van der Waals surface area contributed by atoms with Crippen molar-refractivity contribution in [1.82, 2.24) is 0 Å². The van der Waals surface area contributed by atoms with Crippen LogP contribution in [0.3, 0.4) is 0 Å². The molecule has 1 nitrogen and oxygen atoms in total. The average molecular weight is 236 g/mol. The molecule has 1 rings (SSSR count). The number of unbranched alkanes of at least 4 members (excludes halogenated alkanes) is 1. The van der Waals surface area contributed by atoms with E-state index in [9.17, 15) is 4.79 Å². The lowest BCUT2D eigenvalue weighted by atomic mass is 9.78. The van der Waals surface area contributed by atoms with Crippen LogP contribution >= 0.6 is 0 Å². The molecule has 1 heteroatoms. The Balaban J connectivity index is 2.06. The Morgan fingerprint density at radius 2 is 1.65 bits per heavy atom. The fraction of sp³-hybridized carbons (Fsp3) is 0.812. The minimum Gasteiger partial charge on any atom is -0.295 e. The van der Waals surface area contributed by atoms with Crippen LogP contribution in [0.4, 0.5) is 0 Å². The van der Waals surface area contributed by atoms with Gasteiger partial charge in [0.25, 0.3) is 0 Å². The molecule has 1 saturated carbocycles. The first-order chi connectivity index (χ1) is 8.26. The quantitative estimate of drug-likeness (QED) is 0.547. The van der Waals surface area contributed by atoms with Gasteiger partial charge in [0.05, 0.1) is 0 Å². The van der Waals surface area contributed by atoms with E-state index < -0.39 is 0 Å². The summed E-state index contributed by atoms with van der Waals surface area (Å²) in [6.07, 6.45) is 14.3. The fourth-order valence-corrected chi connectivity index (χ4v) is 2.97. The fourth-order valence-electron chi connectivity index (χ4n) is 2.97. The molecule has 0 atom stereocenters. The van der Waals surface area contributed by atoms with Gasteiger partial charge in [-0.25, -0.2) is 0 Å². The van der Waals surface area contributed by atoms with Crippen LogP contribution in [0.25, 0.3) is 0 Å². The maximum absolute atomic E-state index is 11.1. The second-order valence-corrected chi connectivity index (χ2v) is 5.59. The van der Waals surface area contributed by atoms with E-state index in [4.69, 9.17) is 0 Å². The predicted molar refractivity (Wildman–Crippen MR) is 74.0 cm³/mol. The molecule has 0 saturated heterocycles. The van der Waals surface area contributed by atoms with Gasteiger partial charge in [-0.15, -0.1) is 0 Å². The van der Waals surface area contributed by atoms with Gasteiger partial charge in [-0.1, -0.05) is 64.9 Å². The number of hydrogen-bond donors (Lipinski definition) is 0. The molecule has 1 aliphatic carbocycles. The van der Waals surface area contributed by atoms with Crippen molar-refractivity contribution >= 4 is 5.78 Å². The Morgan fingerprint density at radius 3 is 2.12 bits per heavy atom. The van der Waals surface area contributed by atoms with E-state index in [-0.39, 0.29) is 5.78 Å². The minimum atomic E-state index is 0.210. The zero-order valence-electron chi connectivity index (χ0n) is 11.4. The third-order valence-corrected chi connectivity index (χ3v) is 4.20. The number of carbonyl (C=O) groups is 1. The Morgan fingerprint density at radius 1 is 1.12 bits per heavy atom. The summed E-state index contributed by atoms with van der Waals surface area (Å²) < 4.78 is 0. The van der Waals surface area contributed by atoms with Crippen molar-refractivity contribution < 1.29 is 4.79 Å². The van der Waals surface area contributed by atoms with Crippen LogP contribution in [0.5, 0.6) is 0 Å². The molecule has 0 spiro atoms. The van der Waals surface area contributed by atoms with Gasteiger partial charge in [-0.3, -0.25) is 4.79 Å². The molecule has 0 aliphatic heterocycles. The summed E-state index contributed by atoms with van der Waals surface area (Å²) in [4.78, 5) is 11.1. The van der Waals surface area contributed by atoms with Crippen LogP contribution < -0.4 is 0 Å². The van der Waals surface area contributed by atoms with Crippen LogP contribution in [-0.4, -0.2) is 5.78 Å². The second-order valence-electron chi connectivity index (χ2n) is 5.59. The summed E-state index contributed by atoms with van der Waals surface area (Å²) in [7, 11) is 0. The Hall–Kier alpha value is -0.590. The van der Waals surface area contributed by atoms with Crippen molar-refractivity contribution in [3.63, 3.8) is 0 Å². The molecule has 0 aromatic carbocycles. The summed E-state index contributed by atoms with van der Waals surface area (Å²) in [5, 5.41) is 0. The third-order valence-electron chi connectivity index (χ3n) is 4.20. The summed E-state index contributed by atoms with van der Waals surface area (Å²) >= 11 is 0. The van der Waals surface area contributed by atoms with Gasteiger partial charge < -0.3 is 0 Å². The molecule has 0 bridgehead atoms. The number of carbonyl (C=O) groups excluding carboxylic acids is 1. The van der Waals surface area contributed by atoms with Crippen LogP contribution in [0, 0.1) is 11.8 Å². The largest absolute Gasteiger partial charge is 0.295 e. The topological polar surface area (TPSA) is 17.1 Å². The molecular formula is C16H28O. The molecule has 17 heavy (non-hydrogen) atoms. The van der Waals surface area contributed by atoms with E-state index in [2.05, 4.69) is 13.5 Å². The Kier molecular flexibility index (Phi) is 7.23. The predicted octanol–water partition coefficient (Wildman–Crippen LogP) is 4.91. The normalized spacial score (nSPS) is 24.5. The molecule has 0 amide bonds. The molecule has 1 aliphatic rings. The Bertz CT molecular complexity index is 224. The van der Waals surface area contributed by atoms with Crippen molar-refractivity contribution in [1.29, 1.82) is 0 Å². The van der Waals surface area contributed by atoms with Crippen molar-refractivity contribution in [2.24, 2.45) is 11.8 Å². The lowest BCUT2D eigenvalue weighted by Gasteiger charge is -2.28. The van der Waals surface area contributed by atoms with E-state index in [0.717, 1.165) is 18.3 Å². The number of rotatable bonds is 8. The molecule has 1 fully saturated rings. The summed E-state index contributed by atoms with van der Waals surface area (Å²) in [6.45, 7) is 5.79. The van der Waals surface area contributed by atoms with Gasteiger partial charge in [-0.05, 0) is 24.3 Å². The first kappa shape index (κ1) is 14.5. The minimum absolute atomic E-state index is 0.210. The van der Waals surface area contributed by atoms with Gasteiger partial charge >= 0.3 is 0 Å². The van der Waals surface area contributed by atoms with E-state index in [1.807, 2.05) is 0 Å². The van der Waals surface area contributed by atoms with Crippen molar-refractivity contribution in [2.45, 2.75) is 71.1 Å². The molecule has 0 aromatic heterocycles. The second kappa shape index (κ2) is 8.49. The van der Waals surface area contributed by atoms with Crippen LogP contribution in [0.2, 0.25) is 0 Å². The van der Waals surface area contributed by atoms with Gasteiger partial charge in [-0.2, -0.15) is 0 Å². The summed E-state index contributed by atoms with van der Waals surface area (Å²) in [5.74, 6) is 2.10. The molecule has 0 radical (unpaired) electrons. The van der Waals surface area contributed by atoms with Crippen molar-refractivity contribution in [2.75, 3.05) is 0 Å². The summed E-state index contributed by atoms with van der Waals surface area (Å²) in [5.41, 5.74) is 0. The third kappa shape index (κ3) is 6.05. The first-order valence-corrected chi connectivity index (χ1v) is 7.41. The molecule has 98 valence electrons. The monoisotopic (exact) mass is 236 g/mol. The average Bonchev–Trinajstić information content (AvgIpc) is 2.37. The maximum atomic E-state index is 11.1. The van der Waals surface area contributed by atoms with E-state index in [0.29, 0.717) is 6.42 Å². The highest BCUT2D eigenvalue weighted by atomic mass is 16.1. The lowest BCUT2D eigenvalue weighted by Crippen LogP contribution is -2.14. The zero-order chi connectivity index (χ0) is 12.5. The Labute approximate surface area is 107 Å². The highest BCUT2D eigenvalue weighted by Crippen LogP contribution is 2.34. The lowest BCUT2D eigenvalue weighted by molar-refractivity contribution is -0.114. The van der Waals surface area contributed by atoms with Crippen molar-refractivity contribution in [3.05, 3.63) is 12.7 Å². The van der Waals surface area contributed by atoms with Gasteiger partial charge in [0.15, 0.2) is 5.78 Å². The molecule has 0 aromatic rings. The van der Waals surface area contributed by atoms with Gasteiger partial charge in [0.1, 0.15) is 0 Å². The maximum Gasteiger partial charge on any atom is 0.155 e.